The van der Waals surface area contributed by atoms with Gasteiger partial charge in [-0.2, -0.15) is 0 Å². The van der Waals surface area contributed by atoms with E-state index in [0.29, 0.717) is 23.0 Å². The Morgan fingerprint density at radius 3 is 2.27 bits per heavy atom. The van der Waals surface area contributed by atoms with Crippen molar-refractivity contribution in [2.24, 2.45) is 0 Å². The van der Waals surface area contributed by atoms with Crippen LogP contribution in [0.2, 0.25) is 0 Å². The topological polar surface area (TPSA) is 111 Å². The maximum absolute atomic E-state index is 14.1. The zero-order valence-electron chi connectivity index (χ0n) is 23.2. The molecule has 0 aliphatic carbocycles. The van der Waals surface area contributed by atoms with Crippen molar-refractivity contribution >= 4 is 29.9 Å². The quantitative estimate of drug-likeness (QED) is 0.256. The number of hydrogen-bond donors (Lipinski definition) is 2. The molecule has 2 amide bonds. The molecule has 1 unspecified atom stereocenters. The number of esters is 1. The van der Waals surface area contributed by atoms with Crippen LogP contribution in [0.5, 0.6) is 0 Å². The minimum absolute atomic E-state index is 0.0296. The Morgan fingerprint density at radius 1 is 0.975 bits per heavy atom. The van der Waals surface area contributed by atoms with Crippen molar-refractivity contribution in [1.29, 1.82) is 0 Å². The summed E-state index contributed by atoms with van der Waals surface area (Å²) in [4.78, 5) is 48.9. The highest BCUT2D eigenvalue weighted by molar-refractivity contribution is 5.96. The number of alkyl carbamates (subject to hydrolysis) is 1. The van der Waals surface area contributed by atoms with Crippen LogP contribution in [-0.4, -0.2) is 36.4 Å². The fraction of sp³-hybridized carbons (Fsp3) is 0.290. The maximum atomic E-state index is 14.1. The van der Waals surface area contributed by atoms with Crippen LogP contribution in [-0.2, 0) is 20.9 Å². The summed E-state index contributed by atoms with van der Waals surface area (Å²) in [5.41, 5.74) is 2.93. The fourth-order valence-electron chi connectivity index (χ4n) is 3.91. The molecule has 3 aromatic carbocycles. The molecule has 0 aromatic heterocycles. The van der Waals surface area contributed by atoms with E-state index in [2.05, 4.69) is 10.6 Å². The molecule has 0 aliphatic heterocycles. The monoisotopic (exact) mass is 548 g/mol. The minimum atomic E-state index is -0.867. The Balaban J connectivity index is 1.74. The van der Waals surface area contributed by atoms with Crippen molar-refractivity contribution in [3.05, 3.63) is 99.9 Å². The van der Waals surface area contributed by atoms with Crippen LogP contribution < -0.4 is 10.6 Å². The lowest BCUT2D eigenvalue weighted by Gasteiger charge is -2.22. The Kier molecular flexibility index (Phi) is 9.77. The summed E-state index contributed by atoms with van der Waals surface area (Å²) < 4.78 is 24.8. The van der Waals surface area contributed by atoms with Crippen LogP contribution in [0.4, 0.5) is 14.9 Å². The molecular formula is C31H33FN2O6. The molecule has 0 spiro atoms. The molecule has 210 valence electrons. The fourth-order valence-corrected chi connectivity index (χ4v) is 3.91. The van der Waals surface area contributed by atoms with Gasteiger partial charge < -0.3 is 20.1 Å². The van der Waals surface area contributed by atoms with E-state index in [1.54, 1.807) is 51.1 Å². The average Bonchev–Trinajstić information content (AvgIpc) is 2.87. The van der Waals surface area contributed by atoms with Gasteiger partial charge in [0.05, 0.1) is 17.0 Å². The molecule has 3 aromatic rings. The SMILES string of the molecule is Cc1ccc(C(=O)OCc2ccc(C(CNC(=O)OC(C)(C)C)C(=O)Nc3ccc(C=O)c(F)c3)cc2)c(C)c1. The lowest BCUT2D eigenvalue weighted by Crippen LogP contribution is -2.37. The van der Waals surface area contributed by atoms with Gasteiger partial charge in [-0.05, 0) is 75.6 Å². The third-order valence-corrected chi connectivity index (χ3v) is 5.91. The lowest BCUT2D eigenvalue weighted by atomic mass is 9.96. The smallest absolute Gasteiger partial charge is 0.407 e. The predicted molar refractivity (Wildman–Crippen MR) is 149 cm³/mol. The number of rotatable bonds is 9. The van der Waals surface area contributed by atoms with Crippen molar-refractivity contribution in [2.75, 3.05) is 11.9 Å². The van der Waals surface area contributed by atoms with Gasteiger partial charge in [0.1, 0.15) is 18.0 Å². The van der Waals surface area contributed by atoms with E-state index < -0.39 is 35.3 Å². The van der Waals surface area contributed by atoms with Crippen molar-refractivity contribution < 1.29 is 33.0 Å². The Hall–Kier alpha value is -4.53. The van der Waals surface area contributed by atoms with Crippen molar-refractivity contribution in [3.8, 4) is 0 Å². The third kappa shape index (κ3) is 8.49. The van der Waals surface area contributed by atoms with Crippen LogP contribution >= 0.6 is 0 Å². The Morgan fingerprint density at radius 2 is 1.68 bits per heavy atom. The molecule has 2 N–H and O–H groups in total. The molecule has 0 radical (unpaired) electrons. The van der Waals surface area contributed by atoms with Gasteiger partial charge in [-0.3, -0.25) is 9.59 Å². The molecular weight excluding hydrogens is 515 g/mol. The summed E-state index contributed by atoms with van der Waals surface area (Å²) in [6.07, 6.45) is -0.309. The van der Waals surface area contributed by atoms with Gasteiger partial charge in [0.25, 0.3) is 0 Å². The van der Waals surface area contributed by atoms with Crippen molar-refractivity contribution in [1.82, 2.24) is 5.32 Å². The molecule has 3 rings (SSSR count). The molecule has 8 nitrogen and oxygen atoms in total. The first-order valence-electron chi connectivity index (χ1n) is 12.7. The standard InChI is InChI=1S/C31H33FN2O6/c1-19-6-13-25(20(2)14-19)29(37)39-18-21-7-9-22(10-8-21)26(16-33-30(38)40-31(3,4)5)28(36)34-24-12-11-23(17-35)27(32)15-24/h6-15,17,26H,16,18H2,1-5H3,(H,33,38)(H,34,36). The number of ether oxygens (including phenoxy) is 2. The number of nitrogens with one attached hydrogen (secondary N) is 2. The number of carbonyl (C=O) groups excluding carboxylic acids is 4. The number of amides is 2. The van der Waals surface area contributed by atoms with E-state index in [-0.39, 0.29) is 24.4 Å². The number of hydrogen-bond acceptors (Lipinski definition) is 6. The van der Waals surface area contributed by atoms with Gasteiger partial charge in [0.15, 0.2) is 6.29 Å². The summed E-state index contributed by atoms with van der Waals surface area (Å²) in [5.74, 6) is -2.58. The molecule has 0 heterocycles. The van der Waals surface area contributed by atoms with E-state index in [1.807, 2.05) is 26.0 Å². The summed E-state index contributed by atoms with van der Waals surface area (Å²) in [6.45, 7) is 8.89. The first-order chi connectivity index (χ1) is 18.9. The zero-order chi connectivity index (χ0) is 29.4. The Labute approximate surface area is 232 Å². The molecule has 40 heavy (non-hydrogen) atoms. The van der Waals surface area contributed by atoms with Gasteiger partial charge in [-0.15, -0.1) is 0 Å². The summed E-state index contributed by atoms with van der Waals surface area (Å²) in [5, 5.41) is 5.23. The number of aryl methyl sites for hydroxylation is 2. The van der Waals surface area contributed by atoms with Gasteiger partial charge >= 0.3 is 12.1 Å². The molecule has 0 saturated heterocycles. The zero-order valence-corrected chi connectivity index (χ0v) is 23.2. The second-order valence-electron chi connectivity index (χ2n) is 10.4. The minimum Gasteiger partial charge on any atom is -0.457 e. The largest absolute Gasteiger partial charge is 0.457 e. The van der Waals surface area contributed by atoms with Crippen LogP contribution in [0.1, 0.15) is 69.7 Å². The molecule has 0 fully saturated rings. The first kappa shape index (κ1) is 30.0. The van der Waals surface area contributed by atoms with Gasteiger partial charge in [0.2, 0.25) is 5.91 Å². The predicted octanol–water partition coefficient (Wildman–Crippen LogP) is 5.86. The molecule has 0 aliphatic rings. The number of benzene rings is 3. The Bertz CT molecular complexity index is 1400. The van der Waals surface area contributed by atoms with E-state index >= 15 is 0 Å². The van der Waals surface area contributed by atoms with Gasteiger partial charge in [-0.25, -0.2) is 14.0 Å². The molecule has 0 saturated carbocycles. The average molecular weight is 549 g/mol. The van der Waals surface area contributed by atoms with E-state index in [4.69, 9.17) is 9.47 Å². The normalized spacial score (nSPS) is 11.8. The van der Waals surface area contributed by atoms with E-state index in [0.717, 1.165) is 17.2 Å². The number of halogens is 1. The second kappa shape index (κ2) is 13.0. The third-order valence-electron chi connectivity index (χ3n) is 5.91. The highest BCUT2D eigenvalue weighted by atomic mass is 19.1. The van der Waals surface area contributed by atoms with E-state index in [1.165, 1.54) is 12.1 Å². The highest BCUT2D eigenvalue weighted by Crippen LogP contribution is 2.21. The maximum Gasteiger partial charge on any atom is 0.407 e. The number of aldehydes is 1. The summed E-state index contributed by atoms with van der Waals surface area (Å²) in [6, 6.07) is 16.0. The lowest BCUT2D eigenvalue weighted by molar-refractivity contribution is -0.117. The van der Waals surface area contributed by atoms with Crippen molar-refractivity contribution in [3.63, 3.8) is 0 Å². The summed E-state index contributed by atoms with van der Waals surface area (Å²) >= 11 is 0. The molecule has 9 heteroatoms. The van der Waals surface area contributed by atoms with Crippen molar-refractivity contribution in [2.45, 2.75) is 52.7 Å². The van der Waals surface area contributed by atoms with Crippen LogP contribution in [0, 0.1) is 19.7 Å². The van der Waals surface area contributed by atoms with Gasteiger partial charge in [0, 0.05) is 12.2 Å². The van der Waals surface area contributed by atoms with E-state index in [9.17, 15) is 23.6 Å². The summed E-state index contributed by atoms with van der Waals surface area (Å²) in [7, 11) is 0. The highest BCUT2D eigenvalue weighted by Gasteiger charge is 2.24. The van der Waals surface area contributed by atoms with Crippen LogP contribution in [0.15, 0.2) is 60.7 Å². The molecule has 1 atom stereocenters. The van der Waals surface area contributed by atoms with Crippen LogP contribution in [0.25, 0.3) is 0 Å². The number of carbonyl (C=O) groups is 4. The van der Waals surface area contributed by atoms with Gasteiger partial charge in [-0.1, -0.05) is 42.0 Å². The number of anilines is 1. The molecule has 0 bridgehead atoms. The van der Waals surface area contributed by atoms with Crippen LogP contribution in [0.3, 0.4) is 0 Å². The first-order valence-corrected chi connectivity index (χ1v) is 12.7. The second-order valence-corrected chi connectivity index (χ2v) is 10.4.